The fourth-order valence-electron chi connectivity index (χ4n) is 5.63. The third kappa shape index (κ3) is 5.34. The zero-order valence-electron chi connectivity index (χ0n) is 24.5. The first kappa shape index (κ1) is 27.7. The number of rotatable bonds is 7. The molecule has 1 heterocycles. The molecule has 0 spiro atoms. The number of hydrogen-bond acceptors (Lipinski definition) is 1. The molecule has 0 N–H and O–H groups in total. The van der Waals surface area contributed by atoms with Gasteiger partial charge in [0, 0.05) is 34.9 Å². The van der Waals surface area contributed by atoms with Gasteiger partial charge in [0.05, 0.1) is 11.0 Å². The number of fused-ring (bicyclic) bond motifs is 3. The molecule has 0 aliphatic rings. The van der Waals surface area contributed by atoms with Gasteiger partial charge in [0.25, 0.3) is 0 Å². The van der Waals surface area contributed by atoms with Crippen LogP contribution < -0.4 is 4.90 Å². The molecule has 0 unspecified atom stereocenters. The van der Waals surface area contributed by atoms with Crippen LogP contribution in [0.5, 0.6) is 0 Å². The second-order valence-electron chi connectivity index (χ2n) is 9.82. The molecule has 2 heteroatoms. The number of aromatic nitrogens is 1. The highest BCUT2D eigenvalue weighted by molar-refractivity contribution is 6.09. The number of anilines is 1. The van der Waals surface area contributed by atoms with Crippen LogP contribution in [0, 0.1) is 0 Å². The van der Waals surface area contributed by atoms with Crippen molar-refractivity contribution in [2.75, 3.05) is 11.9 Å². The fraction of sp³-hybridized carbons (Fsp3) is 0.128. The van der Waals surface area contributed by atoms with Crippen LogP contribution in [0.15, 0.2) is 146 Å². The van der Waals surface area contributed by atoms with E-state index in [2.05, 4.69) is 157 Å². The number of benzene rings is 5. The van der Waals surface area contributed by atoms with E-state index in [9.17, 15) is 0 Å². The van der Waals surface area contributed by atoms with Crippen molar-refractivity contribution in [3.8, 4) is 27.9 Å². The molecular weight excluding hydrogens is 496 g/mol. The van der Waals surface area contributed by atoms with Crippen LogP contribution in [0.25, 0.3) is 49.7 Å². The van der Waals surface area contributed by atoms with Crippen LogP contribution in [-0.2, 0) is 0 Å². The molecule has 0 aliphatic heterocycles. The maximum absolute atomic E-state index is 3.86. The van der Waals surface area contributed by atoms with Crippen molar-refractivity contribution in [1.29, 1.82) is 0 Å². The van der Waals surface area contributed by atoms with Crippen molar-refractivity contribution in [1.82, 2.24) is 4.57 Å². The van der Waals surface area contributed by atoms with E-state index in [0.29, 0.717) is 0 Å². The highest BCUT2D eigenvalue weighted by Crippen LogP contribution is 2.36. The molecule has 0 amide bonds. The van der Waals surface area contributed by atoms with Gasteiger partial charge >= 0.3 is 0 Å². The van der Waals surface area contributed by atoms with E-state index in [1.807, 2.05) is 19.9 Å². The first-order valence-corrected chi connectivity index (χ1v) is 14.5. The summed E-state index contributed by atoms with van der Waals surface area (Å²) in [7, 11) is 2.11. The number of para-hydroxylation sites is 2. The van der Waals surface area contributed by atoms with Crippen LogP contribution in [0.4, 0.5) is 5.69 Å². The molecule has 0 radical (unpaired) electrons. The molecule has 1 aromatic heterocycles. The van der Waals surface area contributed by atoms with Gasteiger partial charge in [-0.1, -0.05) is 118 Å². The number of hydrogen-bond donors (Lipinski definition) is 0. The number of allylic oxidation sites excluding steroid dienone is 3. The summed E-state index contributed by atoms with van der Waals surface area (Å²) in [4.78, 5) is 2.23. The lowest BCUT2D eigenvalue weighted by molar-refractivity contribution is 0.977. The van der Waals surface area contributed by atoms with Crippen molar-refractivity contribution in [3.63, 3.8) is 0 Å². The zero-order valence-corrected chi connectivity index (χ0v) is 24.5. The zero-order chi connectivity index (χ0) is 28.8. The van der Waals surface area contributed by atoms with E-state index >= 15 is 0 Å². The molecule has 6 rings (SSSR count). The Hall–Kier alpha value is -4.82. The quantitative estimate of drug-likeness (QED) is 0.185. The molecule has 0 saturated carbocycles. The molecule has 0 bridgehead atoms. The van der Waals surface area contributed by atoms with Gasteiger partial charge in [0.15, 0.2) is 0 Å². The molecule has 204 valence electrons. The maximum atomic E-state index is 3.86. The third-order valence-electron chi connectivity index (χ3n) is 7.59. The summed E-state index contributed by atoms with van der Waals surface area (Å²) < 4.78 is 2.38. The molecule has 0 atom stereocenters. The highest BCUT2D eigenvalue weighted by atomic mass is 15.1. The summed E-state index contributed by atoms with van der Waals surface area (Å²) >= 11 is 0. The predicted octanol–water partition coefficient (Wildman–Crippen LogP) is 11.1. The SMILES string of the molecule is C=C/C=C(\CC)N(C)c1ccc(-c2ccccc2-c2cccc(-n3c4ccccc4c4ccccc43)c2)cc1.CC. The lowest BCUT2D eigenvalue weighted by atomic mass is 9.94. The molecular formula is C39H38N2. The Kier molecular flexibility index (Phi) is 8.50. The van der Waals surface area contributed by atoms with Crippen LogP contribution >= 0.6 is 0 Å². The third-order valence-corrected chi connectivity index (χ3v) is 7.59. The first-order chi connectivity index (χ1) is 20.2. The van der Waals surface area contributed by atoms with Crippen molar-refractivity contribution < 1.29 is 0 Å². The average molecular weight is 535 g/mol. The Balaban J connectivity index is 0.00000165. The largest absolute Gasteiger partial charge is 0.348 e. The molecule has 0 fully saturated rings. The normalized spacial score (nSPS) is 11.3. The van der Waals surface area contributed by atoms with E-state index in [-0.39, 0.29) is 0 Å². The van der Waals surface area contributed by atoms with Gasteiger partial charge in [-0.2, -0.15) is 0 Å². The average Bonchev–Trinajstić information content (AvgIpc) is 3.39. The Morgan fingerprint density at radius 1 is 0.683 bits per heavy atom. The molecule has 41 heavy (non-hydrogen) atoms. The van der Waals surface area contributed by atoms with E-state index < -0.39 is 0 Å². The van der Waals surface area contributed by atoms with Gasteiger partial charge in [0.2, 0.25) is 0 Å². The second kappa shape index (κ2) is 12.6. The van der Waals surface area contributed by atoms with E-state index in [4.69, 9.17) is 0 Å². The summed E-state index contributed by atoms with van der Waals surface area (Å²) in [6.07, 6.45) is 4.89. The first-order valence-electron chi connectivity index (χ1n) is 14.5. The smallest absolute Gasteiger partial charge is 0.0541 e. The topological polar surface area (TPSA) is 8.17 Å². The Morgan fingerprint density at radius 2 is 1.24 bits per heavy atom. The van der Waals surface area contributed by atoms with E-state index in [0.717, 1.165) is 12.1 Å². The van der Waals surface area contributed by atoms with Crippen molar-refractivity contribution in [2.24, 2.45) is 0 Å². The van der Waals surface area contributed by atoms with Crippen LogP contribution in [0.2, 0.25) is 0 Å². The van der Waals surface area contributed by atoms with Crippen LogP contribution in [0.1, 0.15) is 27.2 Å². The van der Waals surface area contributed by atoms with Crippen LogP contribution in [-0.4, -0.2) is 11.6 Å². The van der Waals surface area contributed by atoms with Gasteiger partial charge in [-0.05, 0) is 71.1 Å². The summed E-state index contributed by atoms with van der Waals surface area (Å²) in [6, 6.07) is 43.8. The van der Waals surface area contributed by atoms with Gasteiger partial charge in [-0.3, -0.25) is 0 Å². The molecule has 6 aromatic rings. The van der Waals surface area contributed by atoms with Crippen molar-refractivity contribution >= 4 is 27.5 Å². The second-order valence-corrected chi connectivity index (χ2v) is 9.82. The van der Waals surface area contributed by atoms with Gasteiger partial charge < -0.3 is 9.47 Å². The fourth-order valence-corrected chi connectivity index (χ4v) is 5.63. The van der Waals surface area contributed by atoms with E-state index in [1.165, 1.54) is 55.4 Å². The molecule has 2 nitrogen and oxygen atoms in total. The van der Waals surface area contributed by atoms with Crippen molar-refractivity contribution in [3.05, 3.63) is 146 Å². The Bertz CT molecular complexity index is 1770. The standard InChI is InChI=1S/C37H32N2.C2H6/c1-4-13-29(5-2)38(3)30-24-22-27(23-25-30)32-16-6-7-17-33(32)28-14-12-15-31(26-28)39-36-20-10-8-18-34(36)35-19-9-11-21-37(35)39;1-2/h4,6-26H,1,5H2,2-3H3;1-2H3/b29-13+;. The van der Waals surface area contributed by atoms with Gasteiger partial charge in [0.1, 0.15) is 0 Å². The maximum Gasteiger partial charge on any atom is 0.0541 e. The van der Waals surface area contributed by atoms with Gasteiger partial charge in [-0.25, -0.2) is 0 Å². The lowest BCUT2D eigenvalue weighted by Crippen LogP contribution is -2.15. The number of nitrogens with zero attached hydrogens (tertiary/aromatic N) is 2. The molecule has 5 aromatic carbocycles. The highest BCUT2D eigenvalue weighted by Gasteiger charge is 2.14. The summed E-state index contributed by atoms with van der Waals surface area (Å²) in [6.45, 7) is 10.0. The minimum atomic E-state index is 0.954. The molecule has 0 aliphatic carbocycles. The predicted molar refractivity (Wildman–Crippen MR) is 180 cm³/mol. The lowest BCUT2D eigenvalue weighted by Gasteiger charge is -2.22. The van der Waals surface area contributed by atoms with Crippen LogP contribution in [0.3, 0.4) is 0 Å². The van der Waals surface area contributed by atoms with Crippen molar-refractivity contribution in [2.45, 2.75) is 27.2 Å². The van der Waals surface area contributed by atoms with Gasteiger partial charge in [-0.15, -0.1) is 0 Å². The Morgan fingerprint density at radius 3 is 1.83 bits per heavy atom. The van der Waals surface area contributed by atoms with E-state index in [1.54, 1.807) is 0 Å². The summed E-state index contributed by atoms with van der Waals surface area (Å²) in [5, 5.41) is 2.55. The monoisotopic (exact) mass is 534 g/mol. The molecule has 0 saturated heterocycles. The minimum absolute atomic E-state index is 0.954. The summed E-state index contributed by atoms with van der Waals surface area (Å²) in [5.74, 6) is 0. The minimum Gasteiger partial charge on any atom is -0.348 e. The Labute approximate surface area is 244 Å². The summed E-state index contributed by atoms with van der Waals surface area (Å²) in [5.41, 5.74) is 10.9.